The number of sulfonamides is 1. The van der Waals surface area contributed by atoms with Crippen molar-refractivity contribution in [2.24, 2.45) is 5.92 Å². The van der Waals surface area contributed by atoms with Crippen LogP contribution in [0.15, 0.2) is 41.8 Å². The molecule has 1 aromatic rings. The normalized spacial score (nSPS) is 13.3. The molecule has 0 bridgehead atoms. The number of nitrogens with zero attached hydrogens (tertiary/aromatic N) is 2. The fourth-order valence-corrected chi connectivity index (χ4v) is 4.75. The summed E-state index contributed by atoms with van der Waals surface area (Å²) in [5.74, 6) is -1.10. The summed E-state index contributed by atoms with van der Waals surface area (Å²) in [6, 6.07) is 4.00. The number of allylic oxidation sites excluding steroid dienone is 1. The minimum atomic E-state index is -4.35. The Hall–Kier alpha value is -2.26. The Morgan fingerprint density at radius 2 is 1.90 bits per heavy atom. The molecular formula is C20H30N2O6S. The van der Waals surface area contributed by atoms with Crippen LogP contribution in [0.3, 0.4) is 0 Å². The van der Waals surface area contributed by atoms with Gasteiger partial charge in [0.15, 0.2) is 4.90 Å². The third-order valence-corrected chi connectivity index (χ3v) is 5.95. The molecule has 1 rings (SSSR count). The highest BCUT2D eigenvalue weighted by Crippen LogP contribution is 2.30. The SMILES string of the molecule is C=CCCCN([C@H](C(=O)OC(C)(C)C)C(C)C)S(=O)(=O)c1ccccc1[N+](=O)[O-]. The van der Waals surface area contributed by atoms with Gasteiger partial charge in [0, 0.05) is 12.6 Å². The lowest BCUT2D eigenvalue weighted by molar-refractivity contribution is -0.387. The Balaban J connectivity index is 3.54. The molecule has 1 atom stereocenters. The quantitative estimate of drug-likeness (QED) is 0.184. The van der Waals surface area contributed by atoms with Gasteiger partial charge in [0.2, 0.25) is 0 Å². The van der Waals surface area contributed by atoms with Gasteiger partial charge in [-0.15, -0.1) is 6.58 Å². The predicted octanol–water partition coefficient (Wildman–Crippen LogP) is 3.92. The average molecular weight is 427 g/mol. The van der Waals surface area contributed by atoms with Crippen molar-refractivity contribution < 1.29 is 22.9 Å². The number of carbonyl (C=O) groups is 1. The van der Waals surface area contributed by atoms with Crippen LogP contribution >= 0.6 is 0 Å². The lowest BCUT2D eigenvalue weighted by atomic mass is 10.0. The van der Waals surface area contributed by atoms with Gasteiger partial charge < -0.3 is 4.74 Å². The van der Waals surface area contributed by atoms with Gasteiger partial charge in [-0.1, -0.05) is 32.1 Å². The molecule has 0 amide bonds. The highest BCUT2D eigenvalue weighted by Gasteiger charge is 2.42. The van der Waals surface area contributed by atoms with E-state index in [-0.39, 0.29) is 6.54 Å². The molecule has 1 aromatic carbocycles. The molecule has 0 spiro atoms. The van der Waals surface area contributed by atoms with Crippen molar-refractivity contribution in [1.82, 2.24) is 4.31 Å². The zero-order valence-electron chi connectivity index (χ0n) is 17.6. The van der Waals surface area contributed by atoms with Crippen LogP contribution in [-0.2, 0) is 19.6 Å². The maximum absolute atomic E-state index is 13.5. The summed E-state index contributed by atoms with van der Waals surface area (Å²) in [5.41, 5.74) is -1.34. The zero-order chi connectivity index (χ0) is 22.4. The molecule has 0 aliphatic carbocycles. The van der Waals surface area contributed by atoms with E-state index in [1.165, 1.54) is 18.2 Å². The first-order chi connectivity index (χ1) is 13.3. The first kappa shape index (κ1) is 24.8. The molecule has 8 nitrogen and oxygen atoms in total. The van der Waals surface area contributed by atoms with Crippen LogP contribution in [0.4, 0.5) is 5.69 Å². The van der Waals surface area contributed by atoms with Gasteiger partial charge in [-0.05, 0) is 45.6 Å². The topological polar surface area (TPSA) is 107 Å². The van der Waals surface area contributed by atoms with Crippen LogP contribution in [0.2, 0.25) is 0 Å². The number of carbonyl (C=O) groups excluding carboxylic acids is 1. The Morgan fingerprint density at radius 1 is 1.31 bits per heavy atom. The molecule has 9 heteroatoms. The molecule has 0 heterocycles. The molecule has 0 fully saturated rings. The van der Waals surface area contributed by atoms with Crippen LogP contribution < -0.4 is 0 Å². The second-order valence-electron chi connectivity index (χ2n) is 7.99. The van der Waals surface area contributed by atoms with E-state index in [0.717, 1.165) is 10.4 Å². The lowest BCUT2D eigenvalue weighted by Gasteiger charge is -2.33. The van der Waals surface area contributed by atoms with Gasteiger partial charge in [-0.25, -0.2) is 8.42 Å². The number of hydrogen-bond donors (Lipinski definition) is 0. The van der Waals surface area contributed by atoms with Gasteiger partial charge in [0.25, 0.3) is 15.7 Å². The predicted molar refractivity (Wildman–Crippen MR) is 111 cm³/mol. The second-order valence-corrected chi connectivity index (χ2v) is 9.85. The molecule has 0 aromatic heterocycles. The van der Waals surface area contributed by atoms with E-state index in [1.54, 1.807) is 40.7 Å². The summed E-state index contributed by atoms with van der Waals surface area (Å²) in [7, 11) is -4.35. The Bertz CT molecular complexity index is 843. The van der Waals surface area contributed by atoms with E-state index >= 15 is 0 Å². The fourth-order valence-electron chi connectivity index (χ4n) is 2.84. The largest absolute Gasteiger partial charge is 0.459 e. The molecule has 0 aliphatic rings. The van der Waals surface area contributed by atoms with E-state index < -0.39 is 49.1 Å². The van der Waals surface area contributed by atoms with Crippen LogP contribution in [0.25, 0.3) is 0 Å². The number of ether oxygens (including phenoxy) is 1. The number of rotatable bonds is 10. The number of nitro groups is 1. The number of esters is 1. The smallest absolute Gasteiger partial charge is 0.325 e. The molecule has 0 unspecified atom stereocenters. The number of para-hydroxylation sites is 1. The van der Waals surface area contributed by atoms with Crippen molar-refractivity contribution in [3.63, 3.8) is 0 Å². The van der Waals surface area contributed by atoms with E-state index in [1.807, 2.05) is 0 Å². The van der Waals surface area contributed by atoms with Crippen LogP contribution in [0.5, 0.6) is 0 Å². The molecule has 0 saturated heterocycles. The van der Waals surface area contributed by atoms with Gasteiger partial charge in [-0.3, -0.25) is 14.9 Å². The average Bonchev–Trinajstić information content (AvgIpc) is 2.58. The second kappa shape index (κ2) is 9.98. The highest BCUT2D eigenvalue weighted by atomic mass is 32.2. The van der Waals surface area contributed by atoms with Crippen LogP contribution in [-0.4, -0.2) is 41.8 Å². The van der Waals surface area contributed by atoms with E-state index in [0.29, 0.717) is 12.8 Å². The van der Waals surface area contributed by atoms with Crippen molar-refractivity contribution in [1.29, 1.82) is 0 Å². The summed E-state index contributed by atoms with van der Waals surface area (Å²) in [4.78, 5) is 23.1. The molecule has 162 valence electrons. The molecule has 29 heavy (non-hydrogen) atoms. The number of unbranched alkanes of at least 4 members (excludes halogenated alkanes) is 1. The number of benzene rings is 1. The van der Waals surface area contributed by atoms with Crippen LogP contribution in [0, 0.1) is 16.0 Å². The molecular weight excluding hydrogens is 396 g/mol. The summed E-state index contributed by atoms with van der Waals surface area (Å²) < 4.78 is 33.4. The zero-order valence-corrected chi connectivity index (χ0v) is 18.4. The van der Waals surface area contributed by atoms with Crippen molar-refractivity contribution in [3.8, 4) is 0 Å². The van der Waals surface area contributed by atoms with E-state index in [9.17, 15) is 23.3 Å². The third-order valence-electron chi connectivity index (χ3n) is 4.03. The van der Waals surface area contributed by atoms with Gasteiger partial charge in [0.05, 0.1) is 4.92 Å². The first-order valence-electron chi connectivity index (χ1n) is 9.42. The first-order valence-corrected chi connectivity index (χ1v) is 10.9. The van der Waals surface area contributed by atoms with Gasteiger partial charge >= 0.3 is 5.97 Å². The molecule has 0 N–H and O–H groups in total. The maximum Gasteiger partial charge on any atom is 0.325 e. The van der Waals surface area contributed by atoms with Gasteiger partial charge in [-0.2, -0.15) is 4.31 Å². The standard InChI is InChI=1S/C20H30N2O6S/c1-7-8-11-14-21(18(15(2)3)19(23)28-20(4,5)6)29(26,27)17-13-10-9-12-16(17)22(24)25/h7,9-10,12-13,15,18H,1,8,11,14H2,2-6H3/t18-/m0/s1. The van der Waals surface area contributed by atoms with Crippen LogP contribution in [0.1, 0.15) is 47.5 Å². The van der Waals surface area contributed by atoms with E-state index in [2.05, 4.69) is 6.58 Å². The van der Waals surface area contributed by atoms with Crippen molar-refractivity contribution >= 4 is 21.7 Å². The highest BCUT2D eigenvalue weighted by molar-refractivity contribution is 7.89. The van der Waals surface area contributed by atoms with Gasteiger partial charge in [0.1, 0.15) is 11.6 Å². The van der Waals surface area contributed by atoms with Crippen molar-refractivity contribution in [3.05, 3.63) is 47.0 Å². The lowest BCUT2D eigenvalue weighted by Crippen LogP contribution is -2.50. The molecule has 0 aliphatic heterocycles. The monoisotopic (exact) mass is 426 g/mol. The summed E-state index contributed by atoms with van der Waals surface area (Å²) in [6.07, 6.45) is 2.59. The maximum atomic E-state index is 13.5. The number of hydrogen-bond acceptors (Lipinski definition) is 6. The molecule has 0 radical (unpaired) electrons. The summed E-state index contributed by atoms with van der Waals surface area (Å²) in [5, 5.41) is 11.4. The summed E-state index contributed by atoms with van der Waals surface area (Å²) in [6.45, 7) is 12.1. The van der Waals surface area contributed by atoms with Crippen molar-refractivity contribution in [2.45, 2.75) is 64.0 Å². The van der Waals surface area contributed by atoms with E-state index in [4.69, 9.17) is 4.74 Å². The Labute approximate surface area is 172 Å². The van der Waals surface area contributed by atoms with Crippen molar-refractivity contribution in [2.75, 3.05) is 6.54 Å². The third kappa shape index (κ3) is 6.64. The Morgan fingerprint density at radius 3 is 2.38 bits per heavy atom. The number of nitro benzene ring substituents is 1. The Kier molecular flexibility index (Phi) is 8.52. The summed E-state index contributed by atoms with van der Waals surface area (Å²) >= 11 is 0. The minimum Gasteiger partial charge on any atom is -0.459 e. The minimum absolute atomic E-state index is 0.00247. The fraction of sp³-hybridized carbons (Fsp3) is 0.550. The molecule has 0 saturated carbocycles.